The highest BCUT2D eigenvalue weighted by Crippen LogP contribution is 2.30. The smallest absolute Gasteiger partial charge is 0.387 e. The summed E-state index contributed by atoms with van der Waals surface area (Å²) in [5.74, 6) is 0. The van der Waals surface area contributed by atoms with Crippen molar-refractivity contribution in [1.82, 2.24) is 10.3 Å². The van der Waals surface area contributed by atoms with Crippen LogP contribution in [-0.2, 0) is 12.7 Å². The second-order valence-corrected chi connectivity index (χ2v) is 5.71. The highest BCUT2D eigenvalue weighted by atomic mass is 19.4. The van der Waals surface area contributed by atoms with Gasteiger partial charge in [-0.25, -0.2) is 0 Å². The molecule has 24 heavy (non-hydrogen) atoms. The van der Waals surface area contributed by atoms with Crippen LogP contribution in [0.25, 0.3) is 0 Å². The maximum Gasteiger partial charge on any atom is 0.416 e. The lowest BCUT2D eigenvalue weighted by atomic mass is 9.98. The molecule has 0 amide bonds. The Bertz CT molecular complexity index is 656. The van der Waals surface area contributed by atoms with Crippen molar-refractivity contribution in [3.63, 3.8) is 0 Å². The van der Waals surface area contributed by atoms with Gasteiger partial charge in [0.25, 0.3) is 0 Å². The van der Waals surface area contributed by atoms with Gasteiger partial charge < -0.3 is 10.4 Å². The van der Waals surface area contributed by atoms with E-state index in [1.54, 1.807) is 6.20 Å². The van der Waals surface area contributed by atoms with Gasteiger partial charge in [0.15, 0.2) is 0 Å². The molecule has 1 heterocycles. The molecule has 0 fully saturated rings. The van der Waals surface area contributed by atoms with Crippen LogP contribution in [0.15, 0.2) is 42.6 Å². The molecule has 0 radical (unpaired) electrons. The molecule has 1 aromatic heterocycles. The molecule has 0 aliphatic rings. The van der Waals surface area contributed by atoms with E-state index < -0.39 is 17.8 Å². The first-order chi connectivity index (χ1) is 11.3. The number of alkyl halides is 3. The number of benzene rings is 1. The molecule has 0 aliphatic heterocycles. The number of aromatic nitrogens is 1. The standard InChI is InChI=1S/C18H21F3N2O/c1-3-16(23-11-14-5-4-10-22-12(14)2)17(24)13-6-8-15(9-7-13)18(19,20)21/h4-10,16-17,23-24H,3,11H2,1-2H3. The van der Waals surface area contributed by atoms with Crippen molar-refractivity contribution in [2.24, 2.45) is 0 Å². The predicted molar refractivity (Wildman–Crippen MR) is 86.3 cm³/mol. The fourth-order valence-corrected chi connectivity index (χ4v) is 2.53. The second kappa shape index (κ2) is 7.77. The SMILES string of the molecule is CCC(NCc1cccnc1C)C(O)c1ccc(C(F)(F)F)cc1. The minimum Gasteiger partial charge on any atom is -0.387 e. The zero-order valence-electron chi connectivity index (χ0n) is 13.6. The van der Waals surface area contributed by atoms with Gasteiger partial charge in [0.05, 0.1) is 11.7 Å². The fourth-order valence-electron chi connectivity index (χ4n) is 2.53. The third-order valence-corrected chi connectivity index (χ3v) is 4.07. The molecular formula is C18H21F3N2O. The monoisotopic (exact) mass is 338 g/mol. The van der Waals surface area contributed by atoms with Crippen LogP contribution in [0.4, 0.5) is 13.2 Å². The molecule has 0 bridgehead atoms. The number of pyridine rings is 1. The summed E-state index contributed by atoms with van der Waals surface area (Å²) in [4.78, 5) is 4.21. The van der Waals surface area contributed by atoms with Gasteiger partial charge in [0.2, 0.25) is 0 Å². The lowest BCUT2D eigenvalue weighted by molar-refractivity contribution is -0.137. The Morgan fingerprint density at radius 2 is 1.83 bits per heavy atom. The number of halogens is 3. The van der Waals surface area contributed by atoms with Crippen LogP contribution in [0.1, 0.15) is 41.8 Å². The zero-order valence-corrected chi connectivity index (χ0v) is 13.6. The quantitative estimate of drug-likeness (QED) is 0.836. The summed E-state index contributed by atoms with van der Waals surface area (Å²) >= 11 is 0. The lowest BCUT2D eigenvalue weighted by Gasteiger charge is -2.24. The Morgan fingerprint density at radius 3 is 2.38 bits per heavy atom. The number of nitrogens with one attached hydrogen (secondary N) is 1. The number of nitrogens with zero attached hydrogens (tertiary/aromatic N) is 1. The van der Waals surface area contributed by atoms with Crippen molar-refractivity contribution in [3.05, 3.63) is 65.0 Å². The van der Waals surface area contributed by atoms with Crippen molar-refractivity contribution < 1.29 is 18.3 Å². The number of aryl methyl sites for hydroxylation is 1. The minimum atomic E-state index is -4.37. The normalized spacial score (nSPS) is 14.4. The van der Waals surface area contributed by atoms with E-state index in [1.165, 1.54) is 12.1 Å². The van der Waals surface area contributed by atoms with E-state index in [0.717, 1.165) is 23.4 Å². The summed E-state index contributed by atoms with van der Waals surface area (Å²) in [7, 11) is 0. The summed E-state index contributed by atoms with van der Waals surface area (Å²) in [6.45, 7) is 4.36. The number of aliphatic hydroxyl groups excluding tert-OH is 1. The molecule has 130 valence electrons. The van der Waals surface area contributed by atoms with E-state index in [1.807, 2.05) is 26.0 Å². The van der Waals surface area contributed by atoms with Crippen LogP contribution in [0.5, 0.6) is 0 Å². The molecule has 0 saturated heterocycles. The number of aliphatic hydroxyl groups is 1. The van der Waals surface area contributed by atoms with E-state index in [2.05, 4.69) is 10.3 Å². The summed E-state index contributed by atoms with van der Waals surface area (Å²) in [5, 5.41) is 13.7. The van der Waals surface area contributed by atoms with Crippen LogP contribution >= 0.6 is 0 Å². The van der Waals surface area contributed by atoms with Crippen molar-refractivity contribution in [2.75, 3.05) is 0 Å². The molecule has 0 aliphatic carbocycles. The van der Waals surface area contributed by atoms with Gasteiger partial charge in [-0.1, -0.05) is 25.1 Å². The van der Waals surface area contributed by atoms with E-state index >= 15 is 0 Å². The molecule has 2 aromatic rings. The van der Waals surface area contributed by atoms with Crippen molar-refractivity contribution in [3.8, 4) is 0 Å². The summed E-state index contributed by atoms with van der Waals surface area (Å²) in [5.41, 5.74) is 1.68. The van der Waals surface area contributed by atoms with Gasteiger partial charge in [-0.15, -0.1) is 0 Å². The highest BCUT2D eigenvalue weighted by Gasteiger charge is 2.30. The molecule has 2 N–H and O–H groups in total. The Hall–Kier alpha value is -1.92. The second-order valence-electron chi connectivity index (χ2n) is 5.71. The van der Waals surface area contributed by atoms with Crippen LogP contribution in [0, 0.1) is 6.92 Å². The van der Waals surface area contributed by atoms with Gasteiger partial charge in [-0.05, 0) is 42.7 Å². The first kappa shape index (κ1) is 18.4. The van der Waals surface area contributed by atoms with E-state index in [4.69, 9.17) is 0 Å². The molecule has 2 rings (SSSR count). The van der Waals surface area contributed by atoms with E-state index in [9.17, 15) is 18.3 Å². The van der Waals surface area contributed by atoms with Gasteiger partial charge in [0, 0.05) is 24.5 Å². The number of hydrogen-bond acceptors (Lipinski definition) is 3. The Kier molecular flexibility index (Phi) is 5.96. The van der Waals surface area contributed by atoms with Crippen LogP contribution in [0.3, 0.4) is 0 Å². The summed E-state index contributed by atoms with van der Waals surface area (Å²) in [6.07, 6.45) is -2.90. The number of hydrogen-bond donors (Lipinski definition) is 2. The molecule has 0 saturated carbocycles. The maximum absolute atomic E-state index is 12.6. The van der Waals surface area contributed by atoms with Crippen molar-refractivity contribution >= 4 is 0 Å². The van der Waals surface area contributed by atoms with E-state index in [0.29, 0.717) is 18.5 Å². The third-order valence-electron chi connectivity index (χ3n) is 4.07. The average molecular weight is 338 g/mol. The maximum atomic E-state index is 12.6. The molecule has 2 unspecified atom stereocenters. The van der Waals surface area contributed by atoms with Gasteiger partial charge >= 0.3 is 6.18 Å². The van der Waals surface area contributed by atoms with Gasteiger partial charge in [-0.3, -0.25) is 4.98 Å². The first-order valence-corrected chi connectivity index (χ1v) is 7.82. The lowest BCUT2D eigenvalue weighted by Crippen LogP contribution is -2.34. The van der Waals surface area contributed by atoms with Gasteiger partial charge in [0.1, 0.15) is 0 Å². The molecule has 6 heteroatoms. The largest absolute Gasteiger partial charge is 0.416 e. The Balaban J connectivity index is 2.05. The highest BCUT2D eigenvalue weighted by molar-refractivity contribution is 5.27. The third kappa shape index (κ3) is 4.55. The van der Waals surface area contributed by atoms with Crippen LogP contribution in [-0.4, -0.2) is 16.1 Å². The molecule has 2 atom stereocenters. The Morgan fingerprint density at radius 1 is 1.17 bits per heavy atom. The first-order valence-electron chi connectivity index (χ1n) is 7.82. The molecule has 1 aromatic carbocycles. The van der Waals surface area contributed by atoms with Crippen LogP contribution < -0.4 is 5.32 Å². The molecule has 3 nitrogen and oxygen atoms in total. The average Bonchev–Trinajstić information content (AvgIpc) is 2.56. The van der Waals surface area contributed by atoms with Crippen LogP contribution in [0.2, 0.25) is 0 Å². The number of rotatable bonds is 6. The molecular weight excluding hydrogens is 317 g/mol. The van der Waals surface area contributed by atoms with Crippen molar-refractivity contribution in [1.29, 1.82) is 0 Å². The summed E-state index contributed by atoms with van der Waals surface area (Å²) in [6, 6.07) is 8.18. The topological polar surface area (TPSA) is 45.2 Å². The molecule has 0 spiro atoms. The predicted octanol–water partition coefficient (Wildman–Crippen LogP) is 4.01. The Labute approximate surface area is 139 Å². The minimum absolute atomic E-state index is 0.263. The zero-order chi connectivity index (χ0) is 17.7. The van der Waals surface area contributed by atoms with Gasteiger partial charge in [-0.2, -0.15) is 13.2 Å². The van der Waals surface area contributed by atoms with E-state index in [-0.39, 0.29) is 6.04 Å². The fraction of sp³-hybridized carbons (Fsp3) is 0.389. The van der Waals surface area contributed by atoms with Crippen molar-refractivity contribution in [2.45, 2.75) is 45.1 Å². The summed E-state index contributed by atoms with van der Waals surface area (Å²) < 4.78 is 37.8.